The average Bonchev–Trinajstić information content (AvgIpc) is 2.95. The van der Waals surface area contributed by atoms with E-state index in [0.717, 1.165) is 11.3 Å². The number of methoxy groups -OCH3 is 1. The SMILES string of the molecule is CC[C@H](C)OC(=O)Cn1cnc2sc(C(=O)OCCOC)c(C)c2c1=O. The number of esters is 2. The summed E-state index contributed by atoms with van der Waals surface area (Å²) >= 11 is 1.09. The third-order valence-corrected chi connectivity index (χ3v) is 5.01. The van der Waals surface area contributed by atoms with E-state index >= 15 is 0 Å². The number of carbonyl (C=O) groups is 2. The van der Waals surface area contributed by atoms with Gasteiger partial charge in [0.05, 0.1) is 24.4 Å². The first-order chi connectivity index (χ1) is 12.4. The number of thiophene rings is 1. The molecule has 0 spiro atoms. The number of aromatic nitrogens is 2. The molecule has 0 fully saturated rings. The van der Waals surface area contributed by atoms with E-state index in [9.17, 15) is 14.4 Å². The lowest BCUT2D eigenvalue weighted by molar-refractivity contribution is -0.149. The Labute approximate surface area is 154 Å². The van der Waals surface area contributed by atoms with E-state index in [-0.39, 0.29) is 24.8 Å². The van der Waals surface area contributed by atoms with Gasteiger partial charge in [-0.25, -0.2) is 9.78 Å². The van der Waals surface area contributed by atoms with Gasteiger partial charge in [-0.2, -0.15) is 0 Å². The van der Waals surface area contributed by atoms with E-state index < -0.39 is 11.9 Å². The summed E-state index contributed by atoms with van der Waals surface area (Å²) in [5.41, 5.74) is 0.107. The van der Waals surface area contributed by atoms with E-state index in [4.69, 9.17) is 14.2 Å². The zero-order valence-corrected chi connectivity index (χ0v) is 16.1. The van der Waals surface area contributed by atoms with Gasteiger partial charge in [0, 0.05) is 7.11 Å². The first-order valence-electron chi connectivity index (χ1n) is 8.23. The summed E-state index contributed by atoms with van der Waals surface area (Å²) in [5.74, 6) is -1.03. The van der Waals surface area contributed by atoms with Crippen LogP contribution in [0.4, 0.5) is 0 Å². The smallest absolute Gasteiger partial charge is 0.348 e. The molecule has 2 aromatic rings. The Bertz CT molecular complexity index is 857. The molecule has 0 saturated heterocycles. The average molecular weight is 382 g/mol. The van der Waals surface area contributed by atoms with Crippen LogP contribution in [-0.4, -0.2) is 47.9 Å². The van der Waals surface area contributed by atoms with Gasteiger partial charge in [-0.3, -0.25) is 14.2 Å². The van der Waals surface area contributed by atoms with Crippen LogP contribution in [0, 0.1) is 6.92 Å². The van der Waals surface area contributed by atoms with Crippen LogP contribution in [-0.2, 0) is 25.5 Å². The molecule has 142 valence electrons. The van der Waals surface area contributed by atoms with Gasteiger partial charge < -0.3 is 14.2 Å². The Morgan fingerprint density at radius 1 is 1.35 bits per heavy atom. The molecule has 0 aliphatic rings. The first kappa shape index (κ1) is 20.1. The molecule has 2 aromatic heterocycles. The van der Waals surface area contributed by atoms with Crippen molar-refractivity contribution >= 4 is 33.5 Å². The second-order valence-electron chi connectivity index (χ2n) is 5.75. The number of nitrogens with zero attached hydrogens (tertiary/aromatic N) is 2. The fourth-order valence-corrected chi connectivity index (χ4v) is 3.27. The summed E-state index contributed by atoms with van der Waals surface area (Å²) in [4.78, 5) is 41.7. The highest BCUT2D eigenvalue weighted by Gasteiger charge is 2.21. The summed E-state index contributed by atoms with van der Waals surface area (Å²) < 4.78 is 16.3. The van der Waals surface area contributed by atoms with Gasteiger partial charge in [0.1, 0.15) is 22.9 Å². The van der Waals surface area contributed by atoms with E-state index in [1.54, 1.807) is 13.8 Å². The maximum atomic E-state index is 12.7. The number of rotatable bonds is 8. The molecule has 2 heterocycles. The summed E-state index contributed by atoms with van der Waals surface area (Å²) in [6, 6.07) is 0. The second-order valence-corrected chi connectivity index (χ2v) is 6.75. The number of hydrogen-bond acceptors (Lipinski definition) is 8. The first-order valence-corrected chi connectivity index (χ1v) is 9.04. The van der Waals surface area contributed by atoms with Gasteiger partial charge >= 0.3 is 11.9 Å². The van der Waals surface area contributed by atoms with Crippen molar-refractivity contribution in [1.29, 1.82) is 0 Å². The summed E-state index contributed by atoms with van der Waals surface area (Å²) in [5, 5.41) is 0.313. The standard InChI is InChI=1S/C17H22N2O6S/c1-5-10(2)25-12(20)8-19-9-18-15-13(16(19)21)11(3)14(26-15)17(22)24-7-6-23-4/h9-10H,5-8H2,1-4H3/t10-/m0/s1. The molecule has 0 N–H and O–H groups in total. The fraction of sp³-hybridized carbons (Fsp3) is 0.529. The maximum Gasteiger partial charge on any atom is 0.348 e. The highest BCUT2D eigenvalue weighted by molar-refractivity contribution is 7.20. The van der Waals surface area contributed by atoms with Gasteiger partial charge in [0.2, 0.25) is 0 Å². The molecule has 8 nitrogen and oxygen atoms in total. The number of carbonyl (C=O) groups excluding carboxylic acids is 2. The van der Waals surface area contributed by atoms with Crippen LogP contribution in [0.3, 0.4) is 0 Å². The molecule has 2 rings (SSSR count). The van der Waals surface area contributed by atoms with Crippen LogP contribution < -0.4 is 5.56 Å². The molecule has 0 radical (unpaired) electrons. The van der Waals surface area contributed by atoms with Crippen molar-refractivity contribution < 1.29 is 23.8 Å². The van der Waals surface area contributed by atoms with Crippen molar-refractivity contribution in [1.82, 2.24) is 9.55 Å². The Balaban J connectivity index is 2.28. The Kier molecular flexibility index (Phi) is 6.87. The minimum Gasteiger partial charge on any atom is -0.461 e. The van der Waals surface area contributed by atoms with Gasteiger partial charge in [-0.05, 0) is 25.8 Å². The van der Waals surface area contributed by atoms with Crippen molar-refractivity contribution in [2.24, 2.45) is 0 Å². The summed E-state index contributed by atoms with van der Waals surface area (Å²) in [6.07, 6.45) is 1.76. The topological polar surface area (TPSA) is 96.7 Å². The van der Waals surface area contributed by atoms with E-state index in [2.05, 4.69) is 4.98 Å². The minimum atomic E-state index is -0.523. The predicted octanol–water partition coefficient (Wildman–Crippen LogP) is 1.91. The van der Waals surface area contributed by atoms with Crippen LogP contribution in [0.1, 0.15) is 35.5 Å². The fourth-order valence-electron chi connectivity index (χ4n) is 2.23. The van der Waals surface area contributed by atoms with E-state index in [0.29, 0.717) is 33.7 Å². The van der Waals surface area contributed by atoms with Crippen molar-refractivity contribution in [3.05, 3.63) is 27.1 Å². The second kappa shape index (κ2) is 8.91. The molecule has 0 bridgehead atoms. The van der Waals surface area contributed by atoms with Crippen LogP contribution in [0.2, 0.25) is 0 Å². The summed E-state index contributed by atoms with van der Waals surface area (Å²) in [7, 11) is 1.51. The molecule has 26 heavy (non-hydrogen) atoms. The lowest BCUT2D eigenvalue weighted by Gasteiger charge is -2.11. The lowest BCUT2D eigenvalue weighted by Crippen LogP contribution is -2.27. The van der Waals surface area contributed by atoms with Crippen LogP contribution in [0.25, 0.3) is 10.2 Å². The molecule has 0 aliphatic heterocycles. The molecule has 0 aromatic carbocycles. The minimum absolute atomic E-state index is 0.127. The van der Waals surface area contributed by atoms with Crippen molar-refractivity contribution in [3.63, 3.8) is 0 Å². The van der Waals surface area contributed by atoms with E-state index in [1.807, 2.05) is 6.92 Å². The highest BCUT2D eigenvalue weighted by atomic mass is 32.1. The lowest BCUT2D eigenvalue weighted by atomic mass is 10.2. The monoisotopic (exact) mass is 382 g/mol. The Hall–Kier alpha value is -2.26. The quantitative estimate of drug-likeness (QED) is 0.508. The van der Waals surface area contributed by atoms with Crippen LogP contribution >= 0.6 is 11.3 Å². The number of fused-ring (bicyclic) bond motifs is 1. The maximum absolute atomic E-state index is 12.7. The molecule has 1 atom stereocenters. The number of ether oxygens (including phenoxy) is 3. The Morgan fingerprint density at radius 2 is 2.08 bits per heavy atom. The molecule has 0 unspecified atom stereocenters. The predicted molar refractivity (Wildman–Crippen MR) is 96.6 cm³/mol. The molecular weight excluding hydrogens is 360 g/mol. The van der Waals surface area contributed by atoms with Crippen molar-refractivity contribution in [2.45, 2.75) is 39.8 Å². The van der Waals surface area contributed by atoms with Crippen molar-refractivity contribution in [3.8, 4) is 0 Å². The zero-order chi connectivity index (χ0) is 19.3. The van der Waals surface area contributed by atoms with Crippen LogP contribution in [0.5, 0.6) is 0 Å². The number of hydrogen-bond donors (Lipinski definition) is 0. The van der Waals surface area contributed by atoms with Gasteiger partial charge in [-0.15, -0.1) is 11.3 Å². The van der Waals surface area contributed by atoms with Gasteiger partial charge in [-0.1, -0.05) is 6.92 Å². The molecule has 0 amide bonds. The molecule has 0 saturated carbocycles. The number of aryl methyl sites for hydroxylation is 1. The Morgan fingerprint density at radius 3 is 2.73 bits per heavy atom. The third kappa shape index (κ3) is 4.47. The highest BCUT2D eigenvalue weighted by Crippen LogP contribution is 2.27. The van der Waals surface area contributed by atoms with Gasteiger partial charge in [0.15, 0.2) is 0 Å². The summed E-state index contributed by atoms with van der Waals surface area (Å²) in [6.45, 7) is 5.54. The molecular formula is C17H22N2O6S. The van der Waals surface area contributed by atoms with Crippen LogP contribution in [0.15, 0.2) is 11.1 Å². The molecule has 0 aliphatic carbocycles. The molecule has 9 heteroatoms. The normalized spacial score (nSPS) is 12.2. The van der Waals surface area contributed by atoms with Crippen molar-refractivity contribution in [2.75, 3.05) is 20.3 Å². The third-order valence-electron chi connectivity index (χ3n) is 3.83. The largest absolute Gasteiger partial charge is 0.461 e. The zero-order valence-electron chi connectivity index (χ0n) is 15.2. The van der Waals surface area contributed by atoms with E-state index in [1.165, 1.54) is 18.0 Å². The van der Waals surface area contributed by atoms with Gasteiger partial charge in [0.25, 0.3) is 5.56 Å².